The predicted molar refractivity (Wildman–Crippen MR) is 49.0 cm³/mol. The van der Waals surface area contributed by atoms with Crippen molar-refractivity contribution in [2.75, 3.05) is 5.32 Å². The molecule has 0 saturated heterocycles. The van der Waals surface area contributed by atoms with E-state index in [1.54, 1.807) is 6.20 Å². The highest BCUT2D eigenvalue weighted by molar-refractivity contribution is 7.81. The Hall–Kier alpha value is -0.700. The summed E-state index contributed by atoms with van der Waals surface area (Å²) in [5, 5.41) is 3.49. The van der Waals surface area contributed by atoms with Gasteiger partial charge in [-0.3, -0.25) is 0 Å². The molecule has 0 amide bonds. The molecule has 2 heterocycles. The predicted octanol–water partition coefficient (Wildman–Crippen LogP) is 1.70. The molecule has 0 bridgehead atoms. The second-order valence-corrected chi connectivity index (χ2v) is 3.33. The number of aromatic nitrogens is 1. The van der Waals surface area contributed by atoms with Gasteiger partial charge in [-0.2, -0.15) is 12.6 Å². The fourth-order valence-electron chi connectivity index (χ4n) is 1.29. The van der Waals surface area contributed by atoms with Gasteiger partial charge in [0.05, 0.1) is 5.37 Å². The van der Waals surface area contributed by atoms with Gasteiger partial charge in [0.15, 0.2) is 0 Å². The highest BCUT2D eigenvalue weighted by atomic mass is 32.1. The minimum Gasteiger partial charge on any atom is -0.358 e. The molecule has 1 aliphatic heterocycles. The number of rotatable bonds is 0. The second-order valence-electron chi connectivity index (χ2n) is 2.71. The third kappa shape index (κ3) is 1.33. The first-order valence-electron chi connectivity index (χ1n) is 3.75. The van der Waals surface area contributed by atoms with Crippen molar-refractivity contribution >= 4 is 18.4 Å². The number of hydrogen-bond donors (Lipinski definition) is 2. The molecular weight excluding hydrogens is 156 g/mol. The summed E-state index contributed by atoms with van der Waals surface area (Å²) in [5.74, 6) is 0.999. The van der Waals surface area contributed by atoms with Crippen LogP contribution >= 0.6 is 12.6 Å². The van der Waals surface area contributed by atoms with Crippen LogP contribution in [0.4, 0.5) is 5.82 Å². The zero-order valence-electron chi connectivity index (χ0n) is 6.12. The van der Waals surface area contributed by atoms with E-state index in [9.17, 15) is 0 Å². The zero-order valence-corrected chi connectivity index (χ0v) is 7.01. The van der Waals surface area contributed by atoms with Gasteiger partial charge in [0.2, 0.25) is 0 Å². The Bertz CT molecular complexity index is 262. The molecule has 2 nitrogen and oxygen atoms in total. The zero-order chi connectivity index (χ0) is 7.68. The molecule has 0 spiro atoms. The Balaban J connectivity index is 2.34. The van der Waals surface area contributed by atoms with E-state index in [1.165, 1.54) is 5.56 Å². The van der Waals surface area contributed by atoms with E-state index in [2.05, 4.69) is 29.0 Å². The smallest absolute Gasteiger partial charge is 0.129 e. The second kappa shape index (κ2) is 2.74. The highest BCUT2D eigenvalue weighted by Crippen LogP contribution is 2.22. The van der Waals surface area contributed by atoms with Crippen LogP contribution in [0.3, 0.4) is 0 Å². The minimum absolute atomic E-state index is 0.275. The summed E-state index contributed by atoms with van der Waals surface area (Å²) >= 11 is 4.33. The van der Waals surface area contributed by atoms with Gasteiger partial charge >= 0.3 is 0 Å². The number of aryl methyl sites for hydroxylation is 1. The molecule has 1 aromatic heterocycles. The lowest BCUT2D eigenvalue weighted by Crippen LogP contribution is -2.20. The van der Waals surface area contributed by atoms with Gasteiger partial charge in [-0.25, -0.2) is 4.98 Å². The molecule has 1 aliphatic rings. The largest absolute Gasteiger partial charge is 0.358 e. The Morgan fingerprint density at radius 3 is 3.45 bits per heavy atom. The lowest BCUT2D eigenvalue weighted by molar-refractivity contribution is 0.782. The van der Waals surface area contributed by atoms with Gasteiger partial charge in [0, 0.05) is 6.20 Å². The Labute approximate surface area is 71.4 Å². The summed E-state index contributed by atoms with van der Waals surface area (Å²) in [5.41, 5.74) is 1.30. The first-order chi connectivity index (χ1) is 5.36. The molecule has 3 heteroatoms. The van der Waals surface area contributed by atoms with Gasteiger partial charge in [0.25, 0.3) is 0 Å². The van der Waals surface area contributed by atoms with Crippen molar-refractivity contribution in [3.05, 3.63) is 23.9 Å². The van der Waals surface area contributed by atoms with Crippen LogP contribution in [-0.2, 0) is 6.42 Å². The Kier molecular flexibility index (Phi) is 1.74. The number of fused-ring (bicyclic) bond motifs is 1. The SMILES string of the molecule is SC1CCc2cccnc2N1. The van der Waals surface area contributed by atoms with E-state index < -0.39 is 0 Å². The van der Waals surface area contributed by atoms with E-state index in [0.717, 1.165) is 18.7 Å². The third-order valence-electron chi connectivity index (χ3n) is 1.88. The van der Waals surface area contributed by atoms with Crippen LogP contribution in [0.15, 0.2) is 18.3 Å². The molecule has 1 unspecified atom stereocenters. The van der Waals surface area contributed by atoms with E-state index in [-0.39, 0.29) is 5.37 Å². The molecular formula is C8H10N2S. The van der Waals surface area contributed by atoms with Gasteiger partial charge in [-0.1, -0.05) is 6.07 Å². The molecule has 1 N–H and O–H groups in total. The van der Waals surface area contributed by atoms with E-state index in [4.69, 9.17) is 0 Å². The van der Waals surface area contributed by atoms with Crippen LogP contribution in [0.1, 0.15) is 12.0 Å². The third-order valence-corrected chi connectivity index (χ3v) is 2.27. The quantitative estimate of drug-likeness (QED) is 0.573. The van der Waals surface area contributed by atoms with E-state index in [1.807, 2.05) is 6.07 Å². The Morgan fingerprint density at radius 1 is 1.64 bits per heavy atom. The van der Waals surface area contributed by atoms with Gasteiger partial charge in [0.1, 0.15) is 5.82 Å². The molecule has 0 aromatic carbocycles. The summed E-state index contributed by atoms with van der Waals surface area (Å²) in [6, 6.07) is 4.08. The van der Waals surface area contributed by atoms with Crippen LogP contribution in [0, 0.1) is 0 Å². The summed E-state index contributed by atoms with van der Waals surface area (Å²) < 4.78 is 0. The van der Waals surface area contributed by atoms with E-state index in [0.29, 0.717) is 0 Å². The van der Waals surface area contributed by atoms with Crippen LogP contribution < -0.4 is 5.32 Å². The monoisotopic (exact) mass is 166 g/mol. The minimum atomic E-state index is 0.275. The molecule has 1 atom stereocenters. The first-order valence-corrected chi connectivity index (χ1v) is 4.26. The fourth-order valence-corrected chi connectivity index (χ4v) is 1.54. The van der Waals surface area contributed by atoms with Gasteiger partial charge in [-0.05, 0) is 24.5 Å². The van der Waals surface area contributed by atoms with Crippen LogP contribution in [0.25, 0.3) is 0 Å². The van der Waals surface area contributed by atoms with Crippen LogP contribution in [-0.4, -0.2) is 10.4 Å². The molecule has 0 saturated carbocycles. The van der Waals surface area contributed by atoms with Crippen LogP contribution in [0.5, 0.6) is 0 Å². The summed E-state index contributed by atoms with van der Waals surface area (Å²) in [6.07, 6.45) is 3.98. The maximum atomic E-state index is 4.33. The average molecular weight is 166 g/mol. The van der Waals surface area contributed by atoms with Crippen molar-refractivity contribution in [1.82, 2.24) is 4.98 Å². The number of hydrogen-bond acceptors (Lipinski definition) is 3. The number of anilines is 1. The number of nitrogens with one attached hydrogen (secondary N) is 1. The van der Waals surface area contributed by atoms with Crippen molar-refractivity contribution in [3.63, 3.8) is 0 Å². The normalized spacial score (nSPS) is 22.1. The lowest BCUT2D eigenvalue weighted by Gasteiger charge is -2.21. The number of thiol groups is 1. The van der Waals surface area contributed by atoms with Crippen molar-refractivity contribution in [2.45, 2.75) is 18.2 Å². The number of pyridine rings is 1. The summed E-state index contributed by atoms with van der Waals surface area (Å²) in [4.78, 5) is 4.21. The molecule has 0 radical (unpaired) electrons. The molecule has 11 heavy (non-hydrogen) atoms. The van der Waals surface area contributed by atoms with Crippen LogP contribution in [0.2, 0.25) is 0 Å². The van der Waals surface area contributed by atoms with E-state index >= 15 is 0 Å². The average Bonchev–Trinajstić information content (AvgIpc) is 2.04. The van der Waals surface area contributed by atoms with Crippen molar-refractivity contribution < 1.29 is 0 Å². The number of nitrogens with zero attached hydrogens (tertiary/aromatic N) is 1. The van der Waals surface area contributed by atoms with Crippen molar-refractivity contribution in [2.24, 2.45) is 0 Å². The Morgan fingerprint density at radius 2 is 2.55 bits per heavy atom. The molecule has 1 aromatic rings. The van der Waals surface area contributed by atoms with Crippen molar-refractivity contribution in [1.29, 1.82) is 0 Å². The highest BCUT2D eigenvalue weighted by Gasteiger charge is 2.13. The molecule has 0 aliphatic carbocycles. The van der Waals surface area contributed by atoms with Gasteiger partial charge in [-0.15, -0.1) is 0 Å². The van der Waals surface area contributed by atoms with Crippen molar-refractivity contribution in [3.8, 4) is 0 Å². The fraction of sp³-hybridized carbons (Fsp3) is 0.375. The maximum Gasteiger partial charge on any atom is 0.129 e. The lowest BCUT2D eigenvalue weighted by atomic mass is 10.1. The summed E-state index contributed by atoms with van der Waals surface area (Å²) in [6.45, 7) is 0. The first kappa shape index (κ1) is 6.98. The summed E-state index contributed by atoms with van der Waals surface area (Å²) in [7, 11) is 0. The topological polar surface area (TPSA) is 24.9 Å². The molecule has 0 fully saturated rings. The molecule has 2 rings (SSSR count). The van der Waals surface area contributed by atoms with Gasteiger partial charge < -0.3 is 5.32 Å². The maximum absolute atomic E-state index is 4.33. The standard InChI is InChI=1S/C8H10N2S/c11-7-4-3-6-2-1-5-9-8(6)10-7/h1-2,5,7,11H,3-4H2,(H,9,10). The molecule has 58 valence electrons.